The topological polar surface area (TPSA) is 54.4 Å². The molecule has 1 N–H and O–H groups in total. The number of carbonyl (C=O) groups is 2. The van der Waals surface area contributed by atoms with E-state index in [2.05, 4.69) is 0 Å². The van der Waals surface area contributed by atoms with Crippen molar-refractivity contribution in [1.29, 1.82) is 0 Å². The zero-order valence-corrected chi connectivity index (χ0v) is 10.2. The van der Waals surface area contributed by atoms with Crippen molar-refractivity contribution < 1.29 is 14.7 Å². The first-order valence-corrected chi connectivity index (χ1v) is 5.71. The van der Waals surface area contributed by atoms with Crippen LogP contribution in [0, 0.1) is 11.3 Å². The lowest BCUT2D eigenvalue weighted by atomic mass is 9.67. The highest BCUT2D eigenvalue weighted by Gasteiger charge is 2.47. The normalized spacial score (nSPS) is 16.8. The van der Waals surface area contributed by atoms with E-state index in [9.17, 15) is 14.7 Å². The summed E-state index contributed by atoms with van der Waals surface area (Å²) in [5.41, 5.74) is -1.16. The summed E-state index contributed by atoms with van der Waals surface area (Å²) < 4.78 is 0. The molecule has 0 amide bonds. The molecule has 0 rings (SSSR count). The maximum Gasteiger partial charge on any atom is 0.317 e. The third-order valence-corrected chi connectivity index (χ3v) is 3.39. The lowest BCUT2D eigenvalue weighted by molar-refractivity contribution is -0.159. The molecular formula is C12H22O3. The van der Waals surface area contributed by atoms with Crippen molar-refractivity contribution in [2.24, 2.45) is 11.3 Å². The summed E-state index contributed by atoms with van der Waals surface area (Å²) in [6, 6.07) is 0. The molecule has 3 nitrogen and oxygen atoms in total. The highest BCUT2D eigenvalue weighted by molar-refractivity contribution is 6.02. The van der Waals surface area contributed by atoms with Gasteiger partial charge in [-0.15, -0.1) is 0 Å². The average molecular weight is 214 g/mol. The zero-order valence-electron chi connectivity index (χ0n) is 10.2. The van der Waals surface area contributed by atoms with Gasteiger partial charge in [0.1, 0.15) is 11.2 Å². The summed E-state index contributed by atoms with van der Waals surface area (Å²) in [7, 11) is 0. The maximum atomic E-state index is 11.6. The molecule has 0 aromatic heterocycles. The van der Waals surface area contributed by atoms with E-state index in [4.69, 9.17) is 0 Å². The fourth-order valence-electron chi connectivity index (χ4n) is 2.45. The van der Waals surface area contributed by atoms with Gasteiger partial charge in [0, 0.05) is 0 Å². The molecule has 15 heavy (non-hydrogen) atoms. The van der Waals surface area contributed by atoms with E-state index in [1.54, 1.807) is 6.92 Å². The summed E-state index contributed by atoms with van der Waals surface area (Å²) in [6.07, 6.45) is 2.85. The second-order valence-electron chi connectivity index (χ2n) is 4.08. The number of hydrogen-bond donors (Lipinski definition) is 1. The van der Waals surface area contributed by atoms with Crippen LogP contribution in [0.4, 0.5) is 0 Å². The Bertz CT molecular complexity index is 219. The Morgan fingerprint density at radius 3 is 2.00 bits per heavy atom. The largest absolute Gasteiger partial charge is 0.480 e. The van der Waals surface area contributed by atoms with Gasteiger partial charge >= 0.3 is 5.97 Å². The van der Waals surface area contributed by atoms with Crippen molar-refractivity contribution in [2.45, 2.75) is 53.4 Å². The van der Waals surface area contributed by atoms with E-state index >= 15 is 0 Å². The third-order valence-electron chi connectivity index (χ3n) is 3.39. The standard InChI is InChI=1S/C12H22O3/c1-5-8-10(6-2)12(7-3,9(4)13)11(14)15/h10H,5-8H2,1-4H3,(H,14,15). The van der Waals surface area contributed by atoms with Crippen LogP contribution < -0.4 is 0 Å². The van der Waals surface area contributed by atoms with Crippen molar-refractivity contribution in [3.63, 3.8) is 0 Å². The molecule has 0 saturated carbocycles. The monoisotopic (exact) mass is 214 g/mol. The van der Waals surface area contributed by atoms with Gasteiger partial charge in [-0.3, -0.25) is 9.59 Å². The molecule has 0 saturated heterocycles. The quantitative estimate of drug-likeness (QED) is 0.663. The van der Waals surface area contributed by atoms with E-state index in [1.165, 1.54) is 6.92 Å². The van der Waals surface area contributed by atoms with Crippen LogP contribution >= 0.6 is 0 Å². The molecule has 0 fully saturated rings. The molecule has 0 heterocycles. The first kappa shape index (κ1) is 14.1. The van der Waals surface area contributed by atoms with E-state index in [1.807, 2.05) is 13.8 Å². The predicted molar refractivity (Wildman–Crippen MR) is 59.7 cm³/mol. The van der Waals surface area contributed by atoms with Gasteiger partial charge < -0.3 is 5.11 Å². The molecule has 3 heteroatoms. The average Bonchev–Trinajstić information content (AvgIpc) is 2.17. The van der Waals surface area contributed by atoms with Gasteiger partial charge in [0.15, 0.2) is 0 Å². The van der Waals surface area contributed by atoms with Gasteiger partial charge in [0.25, 0.3) is 0 Å². The Hall–Kier alpha value is -0.860. The van der Waals surface area contributed by atoms with Crippen molar-refractivity contribution >= 4 is 11.8 Å². The minimum Gasteiger partial charge on any atom is -0.480 e. The Kier molecular flexibility index (Phi) is 5.55. The van der Waals surface area contributed by atoms with Crippen molar-refractivity contribution in [1.82, 2.24) is 0 Å². The van der Waals surface area contributed by atoms with Gasteiger partial charge in [-0.25, -0.2) is 0 Å². The molecule has 0 aromatic carbocycles. The smallest absolute Gasteiger partial charge is 0.317 e. The van der Waals surface area contributed by atoms with E-state index in [0.717, 1.165) is 19.3 Å². The number of ketones is 1. The molecule has 0 aromatic rings. The number of hydrogen-bond acceptors (Lipinski definition) is 2. The van der Waals surface area contributed by atoms with Crippen molar-refractivity contribution in [3.05, 3.63) is 0 Å². The molecule has 0 spiro atoms. The summed E-state index contributed by atoms with van der Waals surface area (Å²) in [4.78, 5) is 23.0. The van der Waals surface area contributed by atoms with E-state index in [-0.39, 0.29) is 11.7 Å². The fraction of sp³-hybridized carbons (Fsp3) is 0.833. The Balaban J connectivity index is 5.20. The Labute approximate surface area is 91.9 Å². The van der Waals surface area contributed by atoms with Crippen molar-refractivity contribution in [2.75, 3.05) is 0 Å². The second kappa shape index (κ2) is 5.89. The highest BCUT2D eigenvalue weighted by Crippen LogP contribution is 2.38. The minimum absolute atomic E-state index is 0.0394. The minimum atomic E-state index is -1.16. The van der Waals surface area contributed by atoms with Crippen LogP contribution in [0.15, 0.2) is 0 Å². The van der Waals surface area contributed by atoms with E-state index in [0.29, 0.717) is 6.42 Å². The first-order chi connectivity index (χ1) is 6.97. The molecule has 2 atom stereocenters. The lowest BCUT2D eigenvalue weighted by Gasteiger charge is -2.33. The van der Waals surface area contributed by atoms with Crippen LogP contribution in [0.2, 0.25) is 0 Å². The lowest BCUT2D eigenvalue weighted by Crippen LogP contribution is -2.44. The van der Waals surface area contributed by atoms with Crippen LogP contribution in [0.5, 0.6) is 0 Å². The number of Topliss-reactive ketones (excluding diaryl/α,β-unsaturated/α-hetero) is 1. The number of carbonyl (C=O) groups excluding carboxylic acids is 1. The van der Waals surface area contributed by atoms with Gasteiger partial charge in [-0.1, -0.05) is 33.6 Å². The molecule has 0 aliphatic heterocycles. The Morgan fingerprint density at radius 1 is 1.27 bits per heavy atom. The third kappa shape index (κ3) is 2.58. The van der Waals surface area contributed by atoms with Crippen LogP contribution in [0.3, 0.4) is 0 Å². The van der Waals surface area contributed by atoms with Crippen molar-refractivity contribution in [3.8, 4) is 0 Å². The number of carboxylic acid groups (broad SMARTS) is 1. The van der Waals surface area contributed by atoms with Crippen LogP contribution in [-0.2, 0) is 9.59 Å². The molecule has 0 aliphatic rings. The summed E-state index contributed by atoms with van der Waals surface area (Å²) >= 11 is 0. The zero-order chi connectivity index (χ0) is 12.1. The molecule has 0 bridgehead atoms. The Morgan fingerprint density at radius 2 is 1.80 bits per heavy atom. The predicted octanol–water partition coefficient (Wildman–Crippen LogP) is 2.88. The SMILES string of the molecule is CCCC(CC)C(CC)(C(C)=O)C(=O)O. The summed E-state index contributed by atoms with van der Waals surface area (Å²) in [5.74, 6) is -1.21. The van der Waals surface area contributed by atoms with Gasteiger partial charge in [-0.2, -0.15) is 0 Å². The van der Waals surface area contributed by atoms with Gasteiger partial charge in [0.05, 0.1) is 0 Å². The van der Waals surface area contributed by atoms with E-state index < -0.39 is 11.4 Å². The molecule has 88 valence electrons. The number of rotatable bonds is 7. The molecule has 0 aliphatic carbocycles. The number of aliphatic carboxylic acids is 1. The van der Waals surface area contributed by atoms with Crippen LogP contribution in [0.25, 0.3) is 0 Å². The highest BCUT2D eigenvalue weighted by atomic mass is 16.4. The molecular weight excluding hydrogens is 192 g/mol. The molecule has 2 unspecified atom stereocenters. The second-order valence-corrected chi connectivity index (χ2v) is 4.08. The fourth-order valence-corrected chi connectivity index (χ4v) is 2.45. The first-order valence-electron chi connectivity index (χ1n) is 5.71. The number of carboxylic acids is 1. The van der Waals surface area contributed by atoms with Gasteiger partial charge in [0.2, 0.25) is 0 Å². The van der Waals surface area contributed by atoms with Crippen LogP contribution in [-0.4, -0.2) is 16.9 Å². The summed E-state index contributed by atoms with van der Waals surface area (Å²) in [5, 5.41) is 9.30. The molecule has 0 radical (unpaired) electrons. The summed E-state index contributed by atoms with van der Waals surface area (Å²) in [6.45, 7) is 7.16. The van der Waals surface area contributed by atoms with Crippen LogP contribution in [0.1, 0.15) is 53.4 Å². The maximum absolute atomic E-state index is 11.6. The van der Waals surface area contributed by atoms with Gasteiger partial charge in [-0.05, 0) is 25.7 Å².